The van der Waals surface area contributed by atoms with E-state index in [1.807, 2.05) is 24.3 Å². The van der Waals surface area contributed by atoms with Crippen LogP contribution in [0.1, 0.15) is 23.6 Å². The standard InChI is InChI=1S/C15H14ClNOS/c1-10(12-6-4-8-18-12)17-9-14-15(16)11-5-2-3-7-13(11)19-14/h2-8,10,17H,9H2,1H3/t10-/m0/s1. The summed E-state index contributed by atoms with van der Waals surface area (Å²) in [7, 11) is 0. The van der Waals surface area contributed by atoms with Gasteiger partial charge in [0.05, 0.1) is 17.3 Å². The lowest BCUT2D eigenvalue weighted by Gasteiger charge is -2.10. The summed E-state index contributed by atoms with van der Waals surface area (Å²) in [5.74, 6) is 0.942. The molecule has 2 aromatic heterocycles. The molecule has 1 aromatic carbocycles. The van der Waals surface area contributed by atoms with Crippen molar-refractivity contribution >= 4 is 33.0 Å². The minimum absolute atomic E-state index is 0.177. The monoisotopic (exact) mass is 291 g/mol. The van der Waals surface area contributed by atoms with E-state index in [0.717, 1.165) is 22.7 Å². The number of thiophene rings is 1. The number of rotatable bonds is 4. The fourth-order valence-corrected chi connectivity index (χ4v) is 3.51. The highest BCUT2D eigenvalue weighted by atomic mass is 35.5. The summed E-state index contributed by atoms with van der Waals surface area (Å²) in [6, 6.07) is 12.3. The first-order chi connectivity index (χ1) is 9.25. The highest BCUT2D eigenvalue weighted by molar-refractivity contribution is 7.19. The molecule has 19 heavy (non-hydrogen) atoms. The Morgan fingerprint density at radius 2 is 2.11 bits per heavy atom. The smallest absolute Gasteiger partial charge is 0.120 e. The Hall–Kier alpha value is -1.29. The molecule has 0 bridgehead atoms. The molecule has 2 heterocycles. The highest BCUT2D eigenvalue weighted by Crippen LogP contribution is 2.35. The third-order valence-corrected chi connectivity index (χ3v) is 4.85. The van der Waals surface area contributed by atoms with Gasteiger partial charge in [0.25, 0.3) is 0 Å². The highest BCUT2D eigenvalue weighted by Gasteiger charge is 2.12. The molecular weight excluding hydrogens is 278 g/mol. The minimum Gasteiger partial charge on any atom is -0.468 e. The molecule has 0 radical (unpaired) electrons. The van der Waals surface area contributed by atoms with Crippen LogP contribution in [0.25, 0.3) is 10.1 Å². The van der Waals surface area contributed by atoms with Gasteiger partial charge in [-0.15, -0.1) is 11.3 Å². The van der Waals surface area contributed by atoms with Crippen molar-refractivity contribution in [3.8, 4) is 0 Å². The quantitative estimate of drug-likeness (QED) is 0.732. The van der Waals surface area contributed by atoms with Crippen LogP contribution in [-0.2, 0) is 6.54 Å². The average Bonchev–Trinajstić information content (AvgIpc) is 3.05. The normalized spacial score (nSPS) is 12.9. The van der Waals surface area contributed by atoms with E-state index in [-0.39, 0.29) is 6.04 Å². The molecule has 4 heteroatoms. The number of halogens is 1. The summed E-state index contributed by atoms with van der Waals surface area (Å²) in [4.78, 5) is 1.17. The van der Waals surface area contributed by atoms with Crippen molar-refractivity contribution in [2.75, 3.05) is 0 Å². The number of hydrogen-bond acceptors (Lipinski definition) is 3. The lowest BCUT2D eigenvalue weighted by atomic mass is 10.2. The Morgan fingerprint density at radius 3 is 2.84 bits per heavy atom. The molecule has 2 nitrogen and oxygen atoms in total. The van der Waals surface area contributed by atoms with Gasteiger partial charge in [-0.3, -0.25) is 0 Å². The van der Waals surface area contributed by atoms with E-state index in [2.05, 4.69) is 24.4 Å². The van der Waals surface area contributed by atoms with Gasteiger partial charge in [0.1, 0.15) is 5.76 Å². The van der Waals surface area contributed by atoms with Gasteiger partial charge in [-0.2, -0.15) is 0 Å². The molecule has 1 atom stereocenters. The second-order valence-electron chi connectivity index (χ2n) is 4.45. The van der Waals surface area contributed by atoms with Crippen molar-refractivity contribution in [3.63, 3.8) is 0 Å². The van der Waals surface area contributed by atoms with Gasteiger partial charge in [-0.25, -0.2) is 0 Å². The van der Waals surface area contributed by atoms with Gasteiger partial charge in [-0.05, 0) is 25.1 Å². The summed E-state index contributed by atoms with van der Waals surface area (Å²) >= 11 is 8.15. The van der Waals surface area contributed by atoms with E-state index in [4.69, 9.17) is 16.0 Å². The van der Waals surface area contributed by atoms with Crippen molar-refractivity contribution in [2.24, 2.45) is 0 Å². The maximum absolute atomic E-state index is 6.41. The third kappa shape index (κ3) is 2.54. The van der Waals surface area contributed by atoms with E-state index in [1.165, 1.54) is 9.58 Å². The predicted octanol–water partition coefficient (Wildman–Crippen LogP) is 5.00. The van der Waals surface area contributed by atoms with Gasteiger partial charge in [-0.1, -0.05) is 29.8 Å². The fraction of sp³-hybridized carbons (Fsp3) is 0.200. The molecule has 0 unspecified atom stereocenters. The van der Waals surface area contributed by atoms with Gasteiger partial charge in [0, 0.05) is 21.5 Å². The first kappa shape index (κ1) is 12.7. The lowest BCUT2D eigenvalue weighted by Crippen LogP contribution is -2.16. The zero-order valence-corrected chi connectivity index (χ0v) is 12.1. The lowest BCUT2D eigenvalue weighted by molar-refractivity contribution is 0.431. The van der Waals surface area contributed by atoms with Gasteiger partial charge < -0.3 is 9.73 Å². The molecular formula is C15H14ClNOS. The summed E-state index contributed by atoms with van der Waals surface area (Å²) < 4.78 is 6.61. The Balaban J connectivity index is 1.77. The van der Waals surface area contributed by atoms with Crippen LogP contribution in [0.3, 0.4) is 0 Å². The summed E-state index contributed by atoms with van der Waals surface area (Å²) in [5.41, 5.74) is 0. The molecule has 0 saturated heterocycles. The zero-order valence-electron chi connectivity index (χ0n) is 10.5. The van der Waals surface area contributed by atoms with Gasteiger partial charge in [0.2, 0.25) is 0 Å². The van der Waals surface area contributed by atoms with E-state index in [9.17, 15) is 0 Å². The van der Waals surface area contributed by atoms with Crippen LogP contribution in [0.4, 0.5) is 0 Å². The van der Waals surface area contributed by atoms with Gasteiger partial charge >= 0.3 is 0 Å². The number of furan rings is 1. The second-order valence-corrected chi connectivity index (χ2v) is 5.97. The first-order valence-electron chi connectivity index (χ1n) is 6.18. The van der Waals surface area contributed by atoms with Crippen molar-refractivity contribution in [1.82, 2.24) is 5.32 Å². The Morgan fingerprint density at radius 1 is 1.26 bits per heavy atom. The summed E-state index contributed by atoms with van der Waals surface area (Å²) in [6.07, 6.45) is 1.69. The maximum atomic E-state index is 6.41. The Kier molecular flexibility index (Phi) is 3.60. The van der Waals surface area contributed by atoms with Crippen molar-refractivity contribution in [2.45, 2.75) is 19.5 Å². The van der Waals surface area contributed by atoms with Gasteiger partial charge in [0.15, 0.2) is 0 Å². The maximum Gasteiger partial charge on any atom is 0.120 e. The van der Waals surface area contributed by atoms with Crippen molar-refractivity contribution in [1.29, 1.82) is 0 Å². The van der Waals surface area contributed by atoms with E-state index >= 15 is 0 Å². The van der Waals surface area contributed by atoms with Crippen LogP contribution in [0, 0.1) is 0 Å². The summed E-state index contributed by atoms with van der Waals surface area (Å²) in [6.45, 7) is 2.83. The molecule has 3 rings (SSSR count). The van der Waals surface area contributed by atoms with Crippen LogP contribution in [0.2, 0.25) is 5.02 Å². The van der Waals surface area contributed by atoms with Crippen LogP contribution < -0.4 is 5.32 Å². The molecule has 0 amide bonds. The van der Waals surface area contributed by atoms with Crippen molar-refractivity contribution in [3.05, 3.63) is 58.3 Å². The third-order valence-electron chi connectivity index (χ3n) is 3.14. The molecule has 0 spiro atoms. The SMILES string of the molecule is C[C@H](NCc1sc2ccccc2c1Cl)c1ccco1. The summed E-state index contributed by atoms with van der Waals surface area (Å²) in [5, 5.41) is 5.43. The molecule has 3 aromatic rings. The van der Waals surface area contributed by atoms with E-state index in [1.54, 1.807) is 17.6 Å². The molecule has 0 saturated carbocycles. The second kappa shape index (κ2) is 5.37. The minimum atomic E-state index is 0.177. The number of hydrogen-bond donors (Lipinski definition) is 1. The molecule has 98 valence electrons. The van der Waals surface area contributed by atoms with Crippen molar-refractivity contribution < 1.29 is 4.42 Å². The van der Waals surface area contributed by atoms with Crippen LogP contribution in [0.5, 0.6) is 0 Å². The Bertz CT molecular complexity index is 675. The number of fused-ring (bicyclic) bond motifs is 1. The van der Waals surface area contributed by atoms with E-state index in [0.29, 0.717) is 0 Å². The number of nitrogens with one attached hydrogen (secondary N) is 1. The molecule has 0 aliphatic rings. The topological polar surface area (TPSA) is 25.2 Å². The fourth-order valence-electron chi connectivity index (χ4n) is 2.06. The average molecular weight is 292 g/mol. The van der Waals surface area contributed by atoms with Crippen LogP contribution >= 0.6 is 22.9 Å². The molecule has 0 aliphatic heterocycles. The largest absolute Gasteiger partial charge is 0.468 e. The Labute approximate surface area is 121 Å². The zero-order chi connectivity index (χ0) is 13.2. The molecule has 0 fully saturated rings. The predicted molar refractivity (Wildman–Crippen MR) is 80.8 cm³/mol. The first-order valence-corrected chi connectivity index (χ1v) is 7.38. The molecule has 1 N–H and O–H groups in total. The van der Waals surface area contributed by atoms with E-state index < -0.39 is 0 Å². The number of benzene rings is 1. The molecule has 0 aliphatic carbocycles. The van der Waals surface area contributed by atoms with Crippen LogP contribution in [-0.4, -0.2) is 0 Å². The van der Waals surface area contributed by atoms with Crippen LogP contribution in [0.15, 0.2) is 47.1 Å².